The lowest BCUT2D eigenvalue weighted by atomic mass is 10.1. The number of aryl methyl sites for hydroxylation is 1. The molecule has 0 saturated carbocycles. The Labute approximate surface area is 161 Å². The van der Waals surface area contributed by atoms with Crippen LogP contribution in [-0.4, -0.2) is 28.7 Å². The maximum atomic E-state index is 12.4. The van der Waals surface area contributed by atoms with Gasteiger partial charge in [-0.05, 0) is 19.1 Å². The zero-order valence-corrected chi connectivity index (χ0v) is 15.3. The van der Waals surface area contributed by atoms with Crippen LogP contribution in [0.15, 0.2) is 59.7 Å². The summed E-state index contributed by atoms with van der Waals surface area (Å²) >= 11 is 0. The second kappa shape index (κ2) is 7.56. The molecule has 28 heavy (non-hydrogen) atoms. The van der Waals surface area contributed by atoms with Gasteiger partial charge in [-0.1, -0.05) is 29.8 Å². The molecule has 1 aliphatic heterocycles. The number of rotatable bonds is 4. The van der Waals surface area contributed by atoms with Crippen molar-refractivity contribution >= 4 is 11.6 Å². The van der Waals surface area contributed by atoms with E-state index >= 15 is 0 Å². The maximum absolute atomic E-state index is 12.4. The summed E-state index contributed by atoms with van der Waals surface area (Å²) in [7, 11) is 0. The summed E-state index contributed by atoms with van der Waals surface area (Å²) in [4.78, 5) is 29.0. The van der Waals surface area contributed by atoms with Crippen LogP contribution < -0.4 is 20.3 Å². The summed E-state index contributed by atoms with van der Waals surface area (Å²) in [5, 5.41) is 2.76. The van der Waals surface area contributed by atoms with E-state index in [-0.39, 0.29) is 18.0 Å². The fourth-order valence-corrected chi connectivity index (χ4v) is 2.90. The van der Waals surface area contributed by atoms with Gasteiger partial charge in [-0.25, -0.2) is 4.98 Å². The van der Waals surface area contributed by atoms with E-state index in [2.05, 4.69) is 10.3 Å². The minimum absolute atomic E-state index is 0.131. The summed E-state index contributed by atoms with van der Waals surface area (Å²) in [5.41, 5.74) is 2.85. The first-order chi connectivity index (χ1) is 13.6. The quantitative estimate of drug-likeness (QED) is 0.756. The molecule has 2 heterocycles. The van der Waals surface area contributed by atoms with E-state index in [9.17, 15) is 9.59 Å². The molecule has 0 saturated heterocycles. The molecule has 3 aromatic rings. The zero-order chi connectivity index (χ0) is 19.5. The van der Waals surface area contributed by atoms with Crippen LogP contribution in [0.5, 0.6) is 11.5 Å². The number of nitrogens with zero attached hydrogens (tertiary/aromatic N) is 2. The second-order valence-corrected chi connectivity index (χ2v) is 6.51. The lowest BCUT2D eigenvalue weighted by molar-refractivity contribution is -0.116. The molecule has 7 heteroatoms. The van der Waals surface area contributed by atoms with Gasteiger partial charge in [0.2, 0.25) is 5.91 Å². The van der Waals surface area contributed by atoms with Crippen LogP contribution in [-0.2, 0) is 11.3 Å². The fraction of sp³-hybridized carbons (Fsp3) is 0.190. The lowest BCUT2D eigenvalue weighted by Gasteiger charge is -2.19. The Balaban J connectivity index is 1.46. The number of benzene rings is 2. The van der Waals surface area contributed by atoms with Gasteiger partial charge < -0.3 is 14.8 Å². The highest BCUT2D eigenvalue weighted by molar-refractivity contribution is 5.91. The number of anilines is 1. The summed E-state index contributed by atoms with van der Waals surface area (Å²) in [5.74, 6) is 0.908. The first kappa shape index (κ1) is 17.8. The molecule has 1 N–H and O–H groups in total. The predicted octanol–water partition coefficient (Wildman–Crippen LogP) is 2.63. The van der Waals surface area contributed by atoms with E-state index in [1.54, 1.807) is 18.2 Å². The Morgan fingerprint density at radius 2 is 1.82 bits per heavy atom. The molecule has 0 aliphatic carbocycles. The second-order valence-electron chi connectivity index (χ2n) is 6.51. The van der Waals surface area contributed by atoms with Crippen molar-refractivity contribution in [2.45, 2.75) is 13.5 Å². The van der Waals surface area contributed by atoms with Crippen LogP contribution in [0.2, 0.25) is 0 Å². The van der Waals surface area contributed by atoms with E-state index in [0.717, 1.165) is 11.1 Å². The summed E-state index contributed by atoms with van der Waals surface area (Å²) in [6.45, 7) is 2.84. The van der Waals surface area contributed by atoms with Gasteiger partial charge in [0.25, 0.3) is 5.56 Å². The molecular weight excluding hydrogens is 358 g/mol. The zero-order valence-electron chi connectivity index (χ0n) is 15.3. The molecule has 0 unspecified atom stereocenters. The SMILES string of the molecule is Cc1ccc(-c2cc(=O)n(CC(=O)Nc3ccc4c(c3)OCCO4)cn2)cc1. The van der Waals surface area contributed by atoms with Crippen LogP contribution >= 0.6 is 0 Å². The molecule has 1 amide bonds. The summed E-state index contributed by atoms with van der Waals surface area (Å²) in [6, 6.07) is 14.4. The summed E-state index contributed by atoms with van der Waals surface area (Å²) < 4.78 is 12.2. The van der Waals surface area contributed by atoms with Crippen molar-refractivity contribution in [1.82, 2.24) is 9.55 Å². The number of carbonyl (C=O) groups excluding carboxylic acids is 1. The standard InChI is InChI=1S/C21H19N3O4/c1-14-2-4-15(5-3-14)17-11-21(26)24(13-22-17)12-20(25)23-16-6-7-18-19(10-16)28-9-8-27-18/h2-7,10-11,13H,8-9,12H2,1H3,(H,23,25). The van der Waals surface area contributed by atoms with E-state index in [1.807, 2.05) is 31.2 Å². The third kappa shape index (κ3) is 3.88. The van der Waals surface area contributed by atoms with Crippen molar-refractivity contribution in [3.63, 3.8) is 0 Å². The van der Waals surface area contributed by atoms with Crippen molar-refractivity contribution in [1.29, 1.82) is 0 Å². The first-order valence-electron chi connectivity index (χ1n) is 8.91. The fourth-order valence-electron chi connectivity index (χ4n) is 2.90. The van der Waals surface area contributed by atoms with Crippen molar-refractivity contribution < 1.29 is 14.3 Å². The van der Waals surface area contributed by atoms with Gasteiger partial charge >= 0.3 is 0 Å². The number of fused-ring (bicyclic) bond motifs is 1. The van der Waals surface area contributed by atoms with E-state index < -0.39 is 0 Å². The number of hydrogen-bond donors (Lipinski definition) is 1. The van der Waals surface area contributed by atoms with Crippen molar-refractivity contribution in [2.75, 3.05) is 18.5 Å². The molecule has 1 aromatic heterocycles. The molecule has 1 aliphatic rings. The first-order valence-corrected chi connectivity index (χ1v) is 8.91. The Kier molecular flexibility index (Phi) is 4.80. The monoisotopic (exact) mass is 377 g/mol. The number of amides is 1. The molecule has 2 aromatic carbocycles. The molecule has 0 spiro atoms. The Morgan fingerprint density at radius 1 is 1.07 bits per heavy atom. The van der Waals surface area contributed by atoms with Crippen molar-refractivity contribution in [3.8, 4) is 22.8 Å². The van der Waals surface area contributed by atoms with Crippen molar-refractivity contribution in [2.24, 2.45) is 0 Å². The maximum Gasteiger partial charge on any atom is 0.254 e. The Hall–Kier alpha value is -3.61. The predicted molar refractivity (Wildman–Crippen MR) is 105 cm³/mol. The van der Waals surface area contributed by atoms with Gasteiger partial charge in [-0.3, -0.25) is 14.2 Å². The van der Waals surface area contributed by atoms with Crippen LogP contribution in [0, 0.1) is 6.92 Å². The number of nitrogens with one attached hydrogen (secondary N) is 1. The average Bonchev–Trinajstić information content (AvgIpc) is 2.70. The third-order valence-corrected chi connectivity index (χ3v) is 4.37. The molecule has 0 fully saturated rings. The van der Waals surface area contributed by atoms with Gasteiger partial charge in [0.15, 0.2) is 11.5 Å². The molecule has 7 nitrogen and oxygen atoms in total. The van der Waals surface area contributed by atoms with Crippen LogP contribution in [0.3, 0.4) is 0 Å². The number of hydrogen-bond acceptors (Lipinski definition) is 5. The Bertz CT molecular complexity index is 1070. The number of aromatic nitrogens is 2. The Morgan fingerprint density at radius 3 is 2.57 bits per heavy atom. The lowest BCUT2D eigenvalue weighted by Crippen LogP contribution is -2.27. The van der Waals surface area contributed by atoms with E-state index in [1.165, 1.54) is 17.0 Å². The highest BCUT2D eigenvalue weighted by Crippen LogP contribution is 2.32. The highest BCUT2D eigenvalue weighted by atomic mass is 16.6. The smallest absolute Gasteiger partial charge is 0.254 e. The van der Waals surface area contributed by atoms with Crippen LogP contribution in [0.25, 0.3) is 11.3 Å². The van der Waals surface area contributed by atoms with Crippen LogP contribution in [0.4, 0.5) is 5.69 Å². The number of ether oxygens (including phenoxy) is 2. The van der Waals surface area contributed by atoms with Crippen LogP contribution in [0.1, 0.15) is 5.56 Å². The number of carbonyl (C=O) groups is 1. The minimum atomic E-state index is -0.330. The molecule has 0 bridgehead atoms. The molecule has 0 radical (unpaired) electrons. The third-order valence-electron chi connectivity index (χ3n) is 4.37. The topological polar surface area (TPSA) is 82.5 Å². The van der Waals surface area contributed by atoms with Gasteiger partial charge in [-0.15, -0.1) is 0 Å². The van der Waals surface area contributed by atoms with E-state index in [0.29, 0.717) is 36.1 Å². The van der Waals surface area contributed by atoms with Gasteiger partial charge in [0.1, 0.15) is 19.8 Å². The molecule has 0 atom stereocenters. The highest BCUT2D eigenvalue weighted by Gasteiger charge is 2.13. The van der Waals surface area contributed by atoms with Crippen molar-refractivity contribution in [3.05, 3.63) is 70.8 Å². The largest absolute Gasteiger partial charge is 0.486 e. The van der Waals surface area contributed by atoms with Gasteiger partial charge in [-0.2, -0.15) is 0 Å². The normalized spacial score (nSPS) is 12.5. The minimum Gasteiger partial charge on any atom is -0.486 e. The molecule has 4 rings (SSSR count). The van der Waals surface area contributed by atoms with E-state index in [4.69, 9.17) is 9.47 Å². The van der Waals surface area contributed by atoms with Gasteiger partial charge in [0, 0.05) is 23.4 Å². The van der Waals surface area contributed by atoms with Gasteiger partial charge in [0.05, 0.1) is 12.0 Å². The summed E-state index contributed by atoms with van der Waals surface area (Å²) in [6.07, 6.45) is 1.39. The molecule has 142 valence electrons. The average molecular weight is 377 g/mol. The molecular formula is C21H19N3O4.